The number of benzene rings is 2. The molecular weight excluding hydrogens is 332 g/mol. The summed E-state index contributed by atoms with van der Waals surface area (Å²) >= 11 is 3.42. The van der Waals surface area contributed by atoms with E-state index in [1.807, 2.05) is 48.5 Å². The first kappa shape index (κ1) is 15.6. The number of rotatable bonds is 6. The minimum absolute atomic E-state index is 0.214. The lowest BCUT2D eigenvalue weighted by atomic mass is 10.1. The lowest BCUT2D eigenvalue weighted by molar-refractivity contribution is -0.142. The van der Waals surface area contributed by atoms with E-state index in [-0.39, 0.29) is 12.4 Å². The van der Waals surface area contributed by atoms with Gasteiger partial charge in [0.15, 0.2) is 0 Å². The molecule has 110 valence electrons. The molecule has 0 unspecified atom stereocenters. The molecule has 21 heavy (non-hydrogen) atoms. The van der Waals surface area contributed by atoms with Crippen molar-refractivity contribution in [3.63, 3.8) is 0 Å². The van der Waals surface area contributed by atoms with Crippen LogP contribution in [0.15, 0.2) is 53.0 Å². The predicted molar refractivity (Wildman–Crippen MR) is 85.3 cm³/mol. The molecule has 2 rings (SSSR count). The van der Waals surface area contributed by atoms with Crippen LogP contribution < -0.4 is 4.74 Å². The number of ether oxygens (including phenoxy) is 2. The molecule has 0 aliphatic rings. The number of carbonyl (C=O) groups excluding carboxylic acids is 1. The molecule has 0 bridgehead atoms. The van der Waals surface area contributed by atoms with Gasteiger partial charge in [0, 0.05) is 10.0 Å². The van der Waals surface area contributed by atoms with Crippen LogP contribution in [0, 0.1) is 0 Å². The van der Waals surface area contributed by atoms with E-state index in [0.717, 1.165) is 15.6 Å². The molecule has 0 fully saturated rings. The molecule has 0 heterocycles. The fourth-order valence-electron chi connectivity index (χ4n) is 1.91. The number of carbonyl (C=O) groups is 1. The van der Waals surface area contributed by atoms with Gasteiger partial charge in [-0.1, -0.05) is 52.3 Å². The first-order chi connectivity index (χ1) is 10.2. The topological polar surface area (TPSA) is 35.5 Å². The van der Waals surface area contributed by atoms with E-state index >= 15 is 0 Å². The number of hydrogen-bond acceptors (Lipinski definition) is 3. The van der Waals surface area contributed by atoms with E-state index in [9.17, 15) is 4.79 Å². The van der Waals surface area contributed by atoms with Gasteiger partial charge in [0.25, 0.3) is 0 Å². The van der Waals surface area contributed by atoms with Crippen molar-refractivity contribution in [3.05, 3.63) is 64.1 Å². The molecule has 0 aromatic heterocycles. The Labute approximate surface area is 133 Å². The van der Waals surface area contributed by atoms with Crippen LogP contribution in [0.4, 0.5) is 0 Å². The molecule has 4 heteroatoms. The minimum Gasteiger partial charge on any atom is -0.489 e. The third kappa shape index (κ3) is 4.90. The van der Waals surface area contributed by atoms with Gasteiger partial charge in [-0.15, -0.1) is 0 Å². The molecule has 0 N–H and O–H groups in total. The fraction of sp³-hybridized carbons (Fsp3) is 0.235. The Morgan fingerprint density at radius 2 is 1.90 bits per heavy atom. The lowest BCUT2D eigenvalue weighted by Gasteiger charge is -2.12. The van der Waals surface area contributed by atoms with Crippen molar-refractivity contribution in [2.75, 3.05) is 6.61 Å². The molecule has 0 saturated carbocycles. The van der Waals surface area contributed by atoms with Crippen molar-refractivity contribution in [1.82, 2.24) is 0 Å². The highest BCUT2D eigenvalue weighted by atomic mass is 79.9. The predicted octanol–water partition coefficient (Wildman–Crippen LogP) is 4.13. The van der Waals surface area contributed by atoms with Crippen LogP contribution in [0.3, 0.4) is 0 Å². The Morgan fingerprint density at radius 3 is 2.62 bits per heavy atom. The zero-order valence-corrected chi connectivity index (χ0v) is 13.4. The highest BCUT2D eigenvalue weighted by molar-refractivity contribution is 9.10. The summed E-state index contributed by atoms with van der Waals surface area (Å²) in [6.45, 7) is 2.65. The summed E-state index contributed by atoms with van der Waals surface area (Å²) in [4.78, 5) is 11.6. The average molecular weight is 349 g/mol. The highest BCUT2D eigenvalue weighted by Crippen LogP contribution is 2.25. The lowest BCUT2D eigenvalue weighted by Crippen LogP contribution is -2.09. The van der Waals surface area contributed by atoms with Crippen LogP contribution in [0.5, 0.6) is 5.75 Å². The van der Waals surface area contributed by atoms with Crippen molar-refractivity contribution in [3.8, 4) is 5.75 Å². The molecule has 2 aromatic rings. The third-order valence-corrected chi connectivity index (χ3v) is 3.40. The van der Waals surface area contributed by atoms with E-state index in [1.54, 1.807) is 6.92 Å². The van der Waals surface area contributed by atoms with Crippen molar-refractivity contribution < 1.29 is 14.3 Å². The largest absolute Gasteiger partial charge is 0.489 e. The fourth-order valence-corrected chi connectivity index (χ4v) is 2.25. The van der Waals surface area contributed by atoms with E-state index in [0.29, 0.717) is 19.0 Å². The molecule has 3 nitrogen and oxygen atoms in total. The van der Waals surface area contributed by atoms with Crippen LogP contribution >= 0.6 is 15.9 Å². The summed E-state index contributed by atoms with van der Waals surface area (Å²) < 4.78 is 11.7. The van der Waals surface area contributed by atoms with Gasteiger partial charge in [-0.2, -0.15) is 0 Å². The Kier molecular flexibility index (Phi) is 5.81. The summed E-state index contributed by atoms with van der Waals surface area (Å²) in [5.41, 5.74) is 1.91. The molecule has 0 aliphatic carbocycles. The van der Waals surface area contributed by atoms with Crippen LogP contribution in [-0.4, -0.2) is 12.6 Å². The second-order valence-corrected chi connectivity index (χ2v) is 5.42. The molecule has 0 atom stereocenters. The van der Waals surface area contributed by atoms with Crippen LogP contribution in [0.25, 0.3) is 0 Å². The molecule has 0 saturated heterocycles. The van der Waals surface area contributed by atoms with Crippen molar-refractivity contribution in [2.24, 2.45) is 0 Å². The molecule has 2 aromatic carbocycles. The van der Waals surface area contributed by atoms with E-state index < -0.39 is 0 Å². The SMILES string of the molecule is CCOC(=O)Cc1ccc(Br)cc1OCc1ccccc1. The third-order valence-electron chi connectivity index (χ3n) is 2.91. The van der Waals surface area contributed by atoms with Gasteiger partial charge >= 0.3 is 5.97 Å². The van der Waals surface area contributed by atoms with Gasteiger partial charge in [-0.3, -0.25) is 4.79 Å². The highest BCUT2D eigenvalue weighted by Gasteiger charge is 2.10. The number of hydrogen-bond donors (Lipinski definition) is 0. The van der Waals surface area contributed by atoms with Gasteiger partial charge in [0.2, 0.25) is 0 Å². The Balaban J connectivity index is 2.09. The molecule has 0 amide bonds. The van der Waals surface area contributed by atoms with Gasteiger partial charge in [-0.25, -0.2) is 0 Å². The van der Waals surface area contributed by atoms with Gasteiger partial charge in [-0.05, 0) is 24.6 Å². The summed E-state index contributed by atoms with van der Waals surface area (Å²) in [5, 5.41) is 0. The zero-order valence-electron chi connectivity index (χ0n) is 11.8. The monoisotopic (exact) mass is 348 g/mol. The van der Waals surface area contributed by atoms with Gasteiger partial charge in [0.1, 0.15) is 12.4 Å². The Morgan fingerprint density at radius 1 is 1.14 bits per heavy atom. The zero-order chi connectivity index (χ0) is 15.1. The maximum absolute atomic E-state index is 11.6. The standard InChI is InChI=1S/C17H17BrO3/c1-2-20-17(19)10-14-8-9-15(18)11-16(14)21-12-13-6-4-3-5-7-13/h3-9,11H,2,10,12H2,1H3. The first-order valence-corrected chi connectivity index (χ1v) is 7.59. The molecular formula is C17H17BrO3. The van der Waals surface area contributed by atoms with Gasteiger partial charge < -0.3 is 9.47 Å². The molecule has 0 radical (unpaired) electrons. The van der Waals surface area contributed by atoms with Crippen molar-refractivity contribution in [1.29, 1.82) is 0 Å². The maximum atomic E-state index is 11.6. The Bertz CT molecular complexity index is 596. The first-order valence-electron chi connectivity index (χ1n) is 6.80. The average Bonchev–Trinajstić information content (AvgIpc) is 2.49. The second-order valence-electron chi connectivity index (χ2n) is 4.51. The van der Waals surface area contributed by atoms with E-state index in [4.69, 9.17) is 9.47 Å². The second kappa shape index (κ2) is 7.84. The normalized spacial score (nSPS) is 10.2. The molecule has 0 spiro atoms. The number of esters is 1. The number of halogens is 1. The maximum Gasteiger partial charge on any atom is 0.310 e. The summed E-state index contributed by atoms with van der Waals surface area (Å²) in [6, 6.07) is 15.6. The van der Waals surface area contributed by atoms with Crippen LogP contribution in [0.1, 0.15) is 18.1 Å². The summed E-state index contributed by atoms with van der Waals surface area (Å²) in [5.74, 6) is 0.450. The summed E-state index contributed by atoms with van der Waals surface area (Å²) in [7, 11) is 0. The van der Waals surface area contributed by atoms with Crippen LogP contribution in [-0.2, 0) is 22.6 Å². The van der Waals surface area contributed by atoms with Gasteiger partial charge in [0.05, 0.1) is 13.0 Å². The van der Waals surface area contributed by atoms with Crippen LogP contribution in [0.2, 0.25) is 0 Å². The summed E-state index contributed by atoms with van der Waals surface area (Å²) in [6.07, 6.45) is 0.214. The quantitative estimate of drug-likeness (QED) is 0.736. The van der Waals surface area contributed by atoms with Crippen molar-refractivity contribution >= 4 is 21.9 Å². The van der Waals surface area contributed by atoms with Crippen molar-refractivity contribution in [2.45, 2.75) is 20.0 Å². The Hall–Kier alpha value is -1.81. The molecule has 0 aliphatic heterocycles. The minimum atomic E-state index is -0.246. The smallest absolute Gasteiger partial charge is 0.310 e. The van der Waals surface area contributed by atoms with E-state index in [2.05, 4.69) is 15.9 Å². The van der Waals surface area contributed by atoms with E-state index in [1.165, 1.54) is 0 Å².